The number of carbonyl (C=O) groups is 4. The summed E-state index contributed by atoms with van der Waals surface area (Å²) >= 11 is 0. The zero-order valence-corrected chi connectivity index (χ0v) is 21.6. The molecule has 2 unspecified atom stereocenters. The van der Waals surface area contributed by atoms with Crippen LogP contribution in [0.3, 0.4) is 0 Å². The average molecular weight is 494 g/mol. The molecule has 0 amide bonds. The topological polar surface area (TPSA) is 142 Å². The lowest BCUT2D eigenvalue weighted by Crippen LogP contribution is -2.39. The molecule has 0 fully saturated rings. The first-order chi connectivity index (χ1) is 16.4. The predicted octanol–water partition coefficient (Wildman–Crippen LogP) is 4.35. The molecule has 0 radical (unpaired) electrons. The van der Waals surface area contributed by atoms with E-state index < -0.39 is 41.4 Å². The van der Waals surface area contributed by atoms with Crippen molar-refractivity contribution in [2.75, 3.05) is 0 Å². The van der Waals surface area contributed by atoms with Gasteiger partial charge in [0.2, 0.25) is 0 Å². The predicted molar refractivity (Wildman–Crippen MR) is 130 cm³/mol. The highest BCUT2D eigenvalue weighted by Gasteiger charge is 2.33. The van der Waals surface area contributed by atoms with E-state index in [2.05, 4.69) is 0 Å². The van der Waals surface area contributed by atoms with Crippen LogP contribution in [0.15, 0.2) is 18.2 Å². The van der Waals surface area contributed by atoms with Crippen molar-refractivity contribution in [3.8, 4) is 11.5 Å². The third-order valence-electron chi connectivity index (χ3n) is 5.80. The Morgan fingerprint density at radius 1 is 0.971 bits per heavy atom. The van der Waals surface area contributed by atoms with Gasteiger partial charge in [0.05, 0.1) is 11.5 Å². The van der Waals surface area contributed by atoms with E-state index in [9.17, 15) is 24.3 Å². The van der Waals surface area contributed by atoms with Gasteiger partial charge in [-0.3, -0.25) is 19.2 Å². The van der Waals surface area contributed by atoms with Crippen molar-refractivity contribution in [1.82, 2.24) is 0 Å². The molecule has 0 aliphatic carbocycles. The average Bonchev–Trinajstić information content (AvgIpc) is 2.78. The zero-order valence-electron chi connectivity index (χ0n) is 21.6. The van der Waals surface area contributed by atoms with Gasteiger partial charge in [0.25, 0.3) is 0 Å². The first kappa shape index (κ1) is 30.1. The molecule has 1 aromatic rings. The highest BCUT2D eigenvalue weighted by Crippen LogP contribution is 2.35. The van der Waals surface area contributed by atoms with Gasteiger partial charge in [0.15, 0.2) is 11.5 Å². The summed E-state index contributed by atoms with van der Waals surface area (Å²) in [6.45, 7) is 10.8. The van der Waals surface area contributed by atoms with Gasteiger partial charge in [-0.15, -0.1) is 0 Å². The fourth-order valence-corrected chi connectivity index (χ4v) is 3.23. The van der Waals surface area contributed by atoms with Crippen LogP contribution in [0.4, 0.5) is 0 Å². The minimum Gasteiger partial charge on any atom is -0.480 e. The van der Waals surface area contributed by atoms with Gasteiger partial charge >= 0.3 is 23.9 Å². The quantitative estimate of drug-likeness (QED) is 0.285. The van der Waals surface area contributed by atoms with E-state index in [-0.39, 0.29) is 36.7 Å². The highest BCUT2D eigenvalue weighted by atomic mass is 16.6. The number of benzene rings is 1. The Labute approximate surface area is 207 Å². The maximum atomic E-state index is 12.5. The van der Waals surface area contributed by atoms with Crippen LogP contribution in [0.2, 0.25) is 0 Å². The number of carboxylic acids is 1. The maximum Gasteiger partial charge on any atom is 0.321 e. The van der Waals surface area contributed by atoms with Crippen LogP contribution >= 0.6 is 0 Å². The second-order valence-electron chi connectivity index (χ2n) is 9.31. The fourth-order valence-electron chi connectivity index (χ4n) is 3.23. The van der Waals surface area contributed by atoms with Crippen molar-refractivity contribution in [3.05, 3.63) is 23.8 Å². The summed E-state index contributed by atoms with van der Waals surface area (Å²) in [6.07, 6.45) is 1.57. The Hall–Kier alpha value is -2.94. The van der Waals surface area contributed by atoms with E-state index in [1.54, 1.807) is 26.8 Å². The molecule has 9 heteroatoms. The summed E-state index contributed by atoms with van der Waals surface area (Å²) < 4.78 is 16.4. The van der Waals surface area contributed by atoms with Crippen molar-refractivity contribution in [1.29, 1.82) is 0 Å². The number of esters is 3. The lowest BCUT2D eigenvalue weighted by atomic mass is 9.86. The molecule has 1 rings (SSSR count). The number of hydrogen-bond acceptors (Lipinski definition) is 8. The molecule has 0 saturated heterocycles. The Kier molecular flexibility index (Phi) is 11.9. The first-order valence-electron chi connectivity index (χ1n) is 12.1. The van der Waals surface area contributed by atoms with Crippen LogP contribution in [0.1, 0.15) is 91.5 Å². The molecule has 0 aliphatic heterocycles. The van der Waals surface area contributed by atoms with Crippen molar-refractivity contribution in [3.63, 3.8) is 0 Å². The van der Waals surface area contributed by atoms with Gasteiger partial charge in [0.1, 0.15) is 6.04 Å². The Morgan fingerprint density at radius 2 is 1.51 bits per heavy atom. The molecule has 0 spiro atoms. The standard InChI is InChI=1S/C26H39NO8/c1-7-10-21(28)34-19-13-12-17(15-20(19)35-22(29)11-8-2)18(23(27)24(30)31)14-16(4)33-25(32)26(5,6)9-3/h12-13,15-16,18,23H,7-11,14,27H2,1-6H3,(H,30,31)/t16?,18?,23-/m0/s1. The molecular formula is C26H39NO8. The fraction of sp³-hybridized carbons (Fsp3) is 0.615. The van der Waals surface area contributed by atoms with Crippen LogP contribution in [-0.2, 0) is 23.9 Å². The summed E-state index contributed by atoms with van der Waals surface area (Å²) in [4.78, 5) is 48.5. The molecule has 35 heavy (non-hydrogen) atoms. The Morgan fingerprint density at radius 3 is 2.00 bits per heavy atom. The van der Waals surface area contributed by atoms with Crippen LogP contribution in [0, 0.1) is 5.41 Å². The van der Waals surface area contributed by atoms with Gasteiger partial charge in [-0.25, -0.2) is 0 Å². The van der Waals surface area contributed by atoms with Gasteiger partial charge < -0.3 is 25.1 Å². The zero-order chi connectivity index (χ0) is 26.8. The lowest BCUT2D eigenvalue weighted by Gasteiger charge is -2.28. The second-order valence-corrected chi connectivity index (χ2v) is 9.31. The molecule has 0 aliphatic rings. The van der Waals surface area contributed by atoms with Gasteiger partial charge in [-0.05, 0) is 64.2 Å². The van der Waals surface area contributed by atoms with Crippen molar-refractivity contribution >= 4 is 23.9 Å². The van der Waals surface area contributed by atoms with Crippen molar-refractivity contribution < 1.29 is 38.5 Å². The molecule has 3 N–H and O–H groups in total. The summed E-state index contributed by atoms with van der Waals surface area (Å²) in [6, 6.07) is 3.17. The molecule has 9 nitrogen and oxygen atoms in total. The summed E-state index contributed by atoms with van der Waals surface area (Å²) in [5.41, 5.74) is 5.78. The summed E-state index contributed by atoms with van der Waals surface area (Å²) in [5.74, 6) is -3.32. The number of hydrogen-bond donors (Lipinski definition) is 2. The molecule has 3 atom stereocenters. The number of rotatable bonds is 14. The number of ether oxygens (including phenoxy) is 3. The SMILES string of the molecule is CCCC(=O)Oc1ccc(C(CC(C)OC(=O)C(C)(C)CC)[C@H](N)C(=O)O)cc1OC(=O)CCC. The molecular weight excluding hydrogens is 454 g/mol. The van der Waals surface area contributed by atoms with Gasteiger partial charge in [-0.1, -0.05) is 26.8 Å². The van der Waals surface area contributed by atoms with Crippen molar-refractivity contribution in [2.24, 2.45) is 11.1 Å². The minimum absolute atomic E-state index is 0.00440. The molecule has 0 heterocycles. The van der Waals surface area contributed by atoms with E-state index in [0.29, 0.717) is 24.8 Å². The van der Waals surface area contributed by atoms with Gasteiger partial charge in [-0.2, -0.15) is 0 Å². The molecule has 0 bridgehead atoms. The molecule has 0 saturated carbocycles. The molecule has 0 aromatic heterocycles. The normalized spacial score (nSPS) is 13.9. The Bertz CT molecular complexity index is 895. The van der Waals surface area contributed by atoms with E-state index in [4.69, 9.17) is 19.9 Å². The van der Waals surface area contributed by atoms with Crippen LogP contribution < -0.4 is 15.2 Å². The second kappa shape index (κ2) is 13.8. The number of carbonyl (C=O) groups excluding carboxylic acids is 3. The highest BCUT2D eigenvalue weighted by molar-refractivity contribution is 5.77. The summed E-state index contributed by atoms with van der Waals surface area (Å²) in [7, 11) is 0. The number of carboxylic acid groups (broad SMARTS) is 1. The monoisotopic (exact) mass is 493 g/mol. The third-order valence-corrected chi connectivity index (χ3v) is 5.80. The largest absolute Gasteiger partial charge is 0.480 e. The third kappa shape index (κ3) is 9.32. The smallest absolute Gasteiger partial charge is 0.321 e. The lowest BCUT2D eigenvalue weighted by molar-refractivity contribution is -0.159. The van der Waals surface area contributed by atoms with E-state index in [1.807, 2.05) is 20.8 Å². The first-order valence-corrected chi connectivity index (χ1v) is 12.1. The van der Waals surface area contributed by atoms with Crippen LogP contribution in [0.5, 0.6) is 11.5 Å². The van der Waals surface area contributed by atoms with Crippen LogP contribution in [0.25, 0.3) is 0 Å². The van der Waals surface area contributed by atoms with Crippen LogP contribution in [-0.4, -0.2) is 41.1 Å². The molecule has 196 valence electrons. The number of nitrogens with two attached hydrogens (primary N) is 1. The van der Waals surface area contributed by atoms with Gasteiger partial charge in [0, 0.05) is 18.8 Å². The van der Waals surface area contributed by atoms with Crippen molar-refractivity contribution in [2.45, 2.75) is 98.1 Å². The molecule has 1 aromatic carbocycles. The van der Waals surface area contributed by atoms with E-state index in [0.717, 1.165) is 0 Å². The Balaban J connectivity index is 3.32. The van der Waals surface area contributed by atoms with E-state index in [1.165, 1.54) is 12.1 Å². The number of aliphatic carboxylic acids is 1. The van der Waals surface area contributed by atoms with E-state index >= 15 is 0 Å². The minimum atomic E-state index is -1.32. The summed E-state index contributed by atoms with van der Waals surface area (Å²) in [5, 5.41) is 9.61. The maximum absolute atomic E-state index is 12.5.